The first-order chi connectivity index (χ1) is 8.24. The number of nitrogens with one attached hydrogen (secondary N) is 1. The second-order valence-electron chi connectivity index (χ2n) is 5.07. The Morgan fingerprint density at radius 3 is 2.76 bits per heavy atom. The van der Waals surface area contributed by atoms with Crippen molar-refractivity contribution in [2.45, 2.75) is 6.92 Å². The molecular formula is C13H17N3O. The minimum atomic E-state index is 0.157. The Balaban J connectivity index is 1.75. The number of pyridine rings is 1. The van der Waals surface area contributed by atoms with Gasteiger partial charge in [-0.3, -0.25) is 9.78 Å². The molecule has 2 aliphatic heterocycles. The highest BCUT2D eigenvalue weighted by Crippen LogP contribution is 2.27. The first-order valence-electron chi connectivity index (χ1n) is 6.16. The third-order valence-corrected chi connectivity index (χ3v) is 3.82. The fourth-order valence-electron chi connectivity index (χ4n) is 2.88. The predicted molar refractivity (Wildman–Crippen MR) is 64.7 cm³/mol. The number of amides is 1. The normalized spacial score (nSPS) is 27.2. The molecule has 3 rings (SSSR count). The van der Waals surface area contributed by atoms with Crippen molar-refractivity contribution >= 4 is 5.91 Å². The average molecular weight is 231 g/mol. The number of rotatable bonds is 1. The minimum Gasteiger partial charge on any atom is -0.338 e. The zero-order valence-electron chi connectivity index (χ0n) is 10.0. The number of hydrogen-bond acceptors (Lipinski definition) is 3. The SMILES string of the molecule is Cc1cc(C(=O)N2CC3CNCC3C2)ccn1. The lowest BCUT2D eigenvalue weighted by Crippen LogP contribution is -2.31. The molecule has 2 aliphatic rings. The molecule has 17 heavy (non-hydrogen) atoms. The molecule has 1 N–H and O–H groups in total. The van der Waals surface area contributed by atoms with Gasteiger partial charge in [0.2, 0.25) is 0 Å². The van der Waals surface area contributed by atoms with Crippen molar-refractivity contribution in [1.29, 1.82) is 0 Å². The van der Waals surface area contributed by atoms with Crippen LogP contribution >= 0.6 is 0 Å². The van der Waals surface area contributed by atoms with E-state index in [2.05, 4.69) is 10.3 Å². The summed E-state index contributed by atoms with van der Waals surface area (Å²) in [6.45, 7) is 5.84. The summed E-state index contributed by atoms with van der Waals surface area (Å²) in [6.07, 6.45) is 1.71. The van der Waals surface area contributed by atoms with E-state index in [-0.39, 0.29) is 5.91 Å². The van der Waals surface area contributed by atoms with Crippen LogP contribution in [0.2, 0.25) is 0 Å². The first-order valence-corrected chi connectivity index (χ1v) is 6.16. The molecule has 0 saturated carbocycles. The van der Waals surface area contributed by atoms with Gasteiger partial charge in [-0.25, -0.2) is 0 Å². The van der Waals surface area contributed by atoms with Crippen molar-refractivity contribution in [1.82, 2.24) is 15.2 Å². The zero-order chi connectivity index (χ0) is 11.8. The second kappa shape index (κ2) is 4.11. The summed E-state index contributed by atoms with van der Waals surface area (Å²) in [5.74, 6) is 1.47. The zero-order valence-corrected chi connectivity index (χ0v) is 10.0. The van der Waals surface area contributed by atoms with Crippen LogP contribution < -0.4 is 5.32 Å². The van der Waals surface area contributed by atoms with E-state index in [4.69, 9.17) is 0 Å². The summed E-state index contributed by atoms with van der Waals surface area (Å²) in [5, 5.41) is 3.38. The van der Waals surface area contributed by atoms with Crippen molar-refractivity contribution < 1.29 is 4.79 Å². The van der Waals surface area contributed by atoms with Gasteiger partial charge in [-0.15, -0.1) is 0 Å². The fraction of sp³-hybridized carbons (Fsp3) is 0.538. The van der Waals surface area contributed by atoms with Gasteiger partial charge in [0.25, 0.3) is 5.91 Å². The summed E-state index contributed by atoms with van der Waals surface area (Å²) in [5.41, 5.74) is 1.67. The van der Waals surface area contributed by atoms with Crippen LogP contribution in [0.25, 0.3) is 0 Å². The first kappa shape index (κ1) is 10.7. The molecule has 1 aromatic heterocycles. The Bertz CT molecular complexity index is 434. The van der Waals surface area contributed by atoms with Crippen LogP contribution in [0, 0.1) is 18.8 Å². The van der Waals surface area contributed by atoms with Crippen molar-refractivity contribution in [2.24, 2.45) is 11.8 Å². The van der Waals surface area contributed by atoms with Crippen LogP contribution in [0.15, 0.2) is 18.3 Å². The molecule has 3 heterocycles. The maximum absolute atomic E-state index is 12.3. The Hall–Kier alpha value is -1.42. The Morgan fingerprint density at radius 1 is 1.41 bits per heavy atom. The molecule has 0 spiro atoms. The Morgan fingerprint density at radius 2 is 2.12 bits per heavy atom. The van der Waals surface area contributed by atoms with Crippen LogP contribution in [0.5, 0.6) is 0 Å². The van der Waals surface area contributed by atoms with Crippen LogP contribution in [-0.4, -0.2) is 42.0 Å². The van der Waals surface area contributed by atoms with Gasteiger partial charge in [-0.1, -0.05) is 0 Å². The minimum absolute atomic E-state index is 0.157. The maximum Gasteiger partial charge on any atom is 0.253 e. The number of likely N-dealkylation sites (tertiary alicyclic amines) is 1. The predicted octanol–water partition coefficient (Wildman–Crippen LogP) is 0.681. The largest absolute Gasteiger partial charge is 0.338 e. The highest BCUT2D eigenvalue weighted by molar-refractivity contribution is 5.94. The third-order valence-electron chi connectivity index (χ3n) is 3.82. The smallest absolute Gasteiger partial charge is 0.253 e. The molecular weight excluding hydrogens is 214 g/mol. The lowest BCUT2D eigenvalue weighted by atomic mass is 10.0. The molecule has 1 aromatic rings. The number of carbonyl (C=O) groups is 1. The van der Waals surface area contributed by atoms with E-state index in [9.17, 15) is 4.79 Å². The van der Waals surface area contributed by atoms with Gasteiger partial charge < -0.3 is 10.2 Å². The van der Waals surface area contributed by atoms with E-state index in [0.29, 0.717) is 11.8 Å². The lowest BCUT2D eigenvalue weighted by Gasteiger charge is -2.17. The quantitative estimate of drug-likeness (QED) is 0.773. The molecule has 2 unspecified atom stereocenters. The highest BCUT2D eigenvalue weighted by Gasteiger charge is 2.38. The van der Waals surface area contributed by atoms with E-state index in [0.717, 1.165) is 37.4 Å². The fourth-order valence-corrected chi connectivity index (χ4v) is 2.88. The molecule has 4 nitrogen and oxygen atoms in total. The van der Waals surface area contributed by atoms with Gasteiger partial charge in [0.1, 0.15) is 0 Å². The molecule has 4 heteroatoms. The average Bonchev–Trinajstić information content (AvgIpc) is 2.88. The molecule has 0 aliphatic carbocycles. The topological polar surface area (TPSA) is 45.2 Å². The van der Waals surface area contributed by atoms with E-state index in [1.165, 1.54) is 0 Å². The standard InChI is InChI=1S/C13H17N3O/c1-9-4-10(2-3-15-9)13(17)16-7-11-5-14-6-12(11)8-16/h2-4,11-12,14H,5-8H2,1H3. The maximum atomic E-state index is 12.3. The van der Waals surface area contributed by atoms with Gasteiger partial charge in [-0.2, -0.15) is 0 Å². The van der Waals surface area contributed by atoms with Gasteiger partial charge in [0.05, 0.1) is 0 Å². The monoisotopic (exact) mass is 231 g/mol. The van der Waals surface area contributed by atoms with E-state index in [1.54, 1.807) is 6.20 Å². The Kier molecular flexibility index (Phi) is 2.59. The Labute approximate surface area is 101 Å². The third kappa shape index (κ3) is 1.93. The molecule has 2 saturated heterocycles. The molecule has 90 valence electrons. The second-order valence-corrected chi connectivity index (χ2v) is 5.07. The molecule has 1 amide bonds. The van der Waals surface area contributed by atoms with Crippen LogP contribution in [0.3, 0.4) is 0 Å². The van der Waals surface area contributed by atoms with Gasteiger partial charge in [-0.05, 0) is 30.9 Å². The van der Waals surface area contributed by atoms with E-state index >= 15 is 0 Å². The summed E-state index contributed by atoms with van der Waals surface area (Å²) < 4.78 is 0. The van der Waals surface area contributed by atoms with Crippen LogP contribution in [0.4, 0.5) is 0 Å². The molecule has 2 fully saturated rings. The van der Waals surface area contributed by atoms with Crippen LogP contribution in [-0.2, 0) is 0 Å². The number of fused-ring (bicyclic) bond motifs is 1. The van der Waals surface area contributed by atoms with Gasteiger partial charge >= 0.3 is 0 Å². The summed E-state index contributed by atoms with van der Waals surface area (Å²) in [6, 6.07) is 3.68. The van der Waals surface area contributed by atoms with Gasteiger partial charge in [0.15, 0.2) is 0 Å². The number of carbonyl (C=O) groups excluding carboxylic acids is 1. The summed E-state index contributed by atoms with van der Waals surface area (Å²) in [7, 11) is 0. The number of aryl methyl sites for hydroxylation is 1. The molecule has 0 aromatic carbocycles. The molecule has 0 radical (unpaired) electrons. The van der Waals surface area contributed by atoms with E-state index < -0.39 is 0 Å². The van der Waals surface area contributed by atoms with Crippen molar-refractivity contribution in [3.8, 4) is 0 Å². The lowest BCUT2D eigenvalue weighted by molar-refractivity contribution is 0.0781. The highest BCUT2D eigenvalue weighted by atomic mass is 16.2. The molecule has 0 bridgehead atoms. The van der Waals surface area contributed by atoms with Crippen LogP contribution in [0.1, 0.15) is 16.1 Å². The molecule has 2 atom stereocenters. The van der Waals surface area contributed by atoms with E-state index in [1.807, 2.05) is 24.0 Å². The number of nitrogens with zero attached hydrogens (tertiary/aromatic N) is 2. The summed E-state index contributed by atoms with van der Waals surface area (Å²) in [4.78, 5) is 18.4. The van der Waals surface area contributed by atoms with Crippen molar-refractivity contribution in [2.75, 3.05) is 26.2 Å². The van der Waals surface area contributed by atoms with Crippen molar-refractivity contribution in [3.05, 3.63) is 29.6 Å². The van der Waals surface area contributed by atoms with Gasteiger partial charge in [0, 0.05) is 43.6 Å². The number of aromatic nitrogens is 1. The number of hydrogen-bond donors (Lipinski definition) is 1. The van der Waals surface area contributed by atoms with Crippen molar-refractivity contribution in [3.63, 3.8) is 0 Å². The summed E-state index contributed by atoms with van der Waals surface area (Å²) >= 11 is 0.